The third-order valence-electron chi connectivity index (χ3n) is 4.41. The van der Waals surface area contributed by atoms with Crippen LogP contribution in [0, 0.1) is 0 Å². The molecule has 0 fully saturated rings. The Morgan fingerprint density at radius 2 is 2.23 bits per heavy atom. The summed E-state index contributed by atoms with van der Waals surface area (Å²) in [4.78, 5) is 16.7. The van der Waals surface area contributed by atoms with Crippen molar-refractivity contribution in [3.05, 3.63) is 42.2 Å². The number of fused-ring (bicyclic) bond motifs is 1. The fraction of sp³-hybridized carbons (Fsp3) is 0.444. The highest BCUT2D eigenvalue weighted by Gasteiger charge is 2.16. The molecule has 0 spiro atoms. The Morgan fingerprint density at radius 3 is 3.05 bits per heavy atom. The molecule has 1 amide bonds. The second kappa shape index (κ2) is 6.77. The Bertz CT molecular complexity index is 686. The number of imidazole rings is 1. The highest BCUT2D eigenvalue weighted by Crippen LogP contribution is 2.20. The number of aromatic nitrogens is 2. The zero-order valence-electron chi connectivity index (χ0n) is 13.1. The number of carbonyl (C=O) groups is 1. The summed E-state index contributed by atoms with van der Waals surface area (Å²) in [5.74, 6) is 0.0552. The SMILES string of the molecule is CC(C(=O)NCCC1=CCCCC1)n1cnc2ccccc21. The maximum atomic E-state index is 12.3. The van der Waals surface area contributed by atoms with Crippen molar-refractivity contribution in [2.24, 2.45) is 0 Å². The van der Waals surface area contributed by atoms with Crippen LogP contribution in [0.15, 0.2) is 42.2 Å². The number of benzene rings is 1. The van der Waals surface area contributed by atoms with Crippen molar-refractivity contribution in [3.63, 3.8) is 0 Å². The van der Waals surface area contributed by atoms with Crippen molar-refractivity contribution in [1.82, 2.24) is 14.9 Å². The smallest absolute Gasteiger partial charge is 0.242 e. The van der Waals surface area contributed by atoms with Crippen LogP contribution in [0.5, 0.6) is 0 Å². The summed E-state index contributed by atoms with van der Waals surface area (Å²) >= 11 is 0. The monoisotopic (exact) mass is 297 g/mol. The normalized spacial score (nSPS) is 16.3. The van der Waals surface area contributed by atoms with Gasteiger partial charge in [0.1, 0.15) is 6.04 Å². The highest BCUT2D eigenvalue weighted by atomic mass is 16.2. The molecular formula is C18H23N3O. The molecule has 1 heterocycles. The van der Waals surface area contributed by atoms with Crippen LogP contribution in [-0.2, 0) is 4.79 Å². The summed E-state index contributed by atoms with van der Waals surface area (Å²) in [6.45, 7) is 2.64. The van der Waals surface area contributed by atoms with Crippen molar-refractivity contribution in [1.29, 1.82) is 0 Å². The van der Waals surface area contributed by atoms with Gasteiger partial charge in [-0.05, 0) is 51.2 Å². The van der Waals surface area contributed by atoms with E-state index >= 15 is 0 Å². The Kier molecular flexibility index (Phi) is 4.56. The van der Waals surface area contributed by atoms with Crippen molar-refractivity contribution < 1.29 is 4.79 Å². The lowest BCUT2D eigenvalue weighted by Crippen LogP contribution is -2.31. The molecule has 1 aromatic heterocycles. The topological polar surface area (TPSA) is 46.9 Å². The molecule has 0 bridgehead atoms. The largest absolute Gasteiger partial charge is 0.354 e. The summed E-state index contributed by atoms with van der Waals surface area (Å²) in [5.41, 5.74) is 3.42. The molecule has 116 valence electrons. The molecule has 1 aromatic carbocycles. The summed E-state index contributed by atoms with van der Waals surface area (Å²) in [7, 11) is 0. The van der Waals surface area contributed by atoms with Crippen molar-refractivity contribution in [2.75, 3.05) is 6.54 Å². The average Bonchev–Trinajstić information content (AvgIpc) is 2.99. The van der Waals surface area contributed by atoms with E-state index in [1.165, 1.54) is 31.3 Å². The van der Waals surface area contributed by atoms with Gasteiger partial charge in [-0.1, -0.05) is 23.8 Å². The first kappa shape index (κ1) is 14.8. The molecule has 1 N–H and O–H groups in total. The van der Waals surface area contributed by atoms with Crippen molar-refractivity contribution in [2.45, 2.75) is 45.1 Å². The van der Waals surface area contributed by atoms with E-state index < -0.39 is 0 Å². The number of nitrogens with zero attached hydrogens (tertiary/aromatic N) is 2. The van der Waals surface area contributed by atoms with Gasteiger partial charge < -0.3 is 9.88 Å². The maximum absolute atomic E-state index is 12.3. The number of amides is 1. The minimum absolute atomic E-state index is 0.0552. The van der Waals surface area contributed by atoms with Crippen LogP contribution in [0.4, 0.5) is 0 Å². The predicted molar refractivity (Wildman–Crippen MR) is 88.6 cm³/mol. The van der Waals surface area contributed by atoms with Gasteiger partial charge in [-0.2, -0.15) is 0 Å². The summed E-state index contributed by atoms with van der Waals surface area (Å²) in [5, 5.41) is 3.05. The van der Waals surface area contributed by atoms with Gasteiger partial charge in [-0.3, -0.25) is 4.79 Å². The minimum atomic E-state index is -0.243. The van der Waals surface area contributed by atoms with E-state index in [9.17, 15) is 4.79 Å². The number of para-hydroxylation sites is 2. The van der Waals surface area contributed by atoms with Crippen LogP contribution in [0.25, 0.3) is 11.0 Å². The molecule has 3 rings (SSSR count). The molecule has 4 heteroatoms. The van der Waals surface area contributed by atoms with Crippen LogP contribution in [0.3, 0.4) is 0 Å². The second-order valence-corrected chi connectivity index (χ2v) is 5.97. The first-order chi connectivity index (χ1) is 10.8. The zero-order chi connectivity index (χ0) is 15.4. The summed E-state index contributed by atoms with van der Waals surface area (Å²) < 4.78 is 1.94. The number of hydrogen-bond acceptors (Lipinski definition) is 2. The van der Waals surface area contributed by atoms with E-state index in [1.54, 1.807) is 6.33 Å². The van der Waals surface area contributed by atoms with Gasteiger partial charge in [-0.15, -0.1) is 0 Å². The lowest BCUT2D eigenvalue weighted by Gasteiger charge is -2.16. The molecule has 4 nitrogen and oxygen atoms in total. The Hall–Kier alpha value is -2.10. The number of rotatable bonds is 5. The van der Waals surface area contributed by atoms with Crippen LogP contribution in [0.2, 0.25) is 0 Å². The average molecular weight is 297 g/mol. The Balaban J connectivity index is 1.58. The molecule has 22 heavy (non-hydrogen) atoms. The van der Waals surface area contributed by atoms with Gasteiger partial charge in [-0.25, -0.2) is 4.98 Å². The molecule has 0 radical (unpaired) electrons. The molecule has 0 aliphatic heterocycles. The van der Waals surface area contributed by atoms with E-state index in [4.69, 9.17) is 0 Å². The van der Waals surface area contributed by atoms with Crippen LogP contribution in [-0.4, -0.2) is 22.0 Å². The fourth-order valence-electron chi connectivity index (χ4n) is 3.04. The Morgan fingerprint density at radius 1 is 1.36 bits per heavy atom. The van der Waals surface area contributed by atoms with Gasteiger partial charge >= 0.3 is 0 Å². The van der Waals surface area contributed by atoms with Gasteiger partial charge in [0, 0.05) is 6.54 Å². The van der Waals surface area contributed by atoms with E-state index in [-0.39, 0.29) is 11.9 Å². The summed E-state index contributed by atoms with van der Waals surface area (Å²) in [6.07, 6.45) is 10.0. The maximum Gasteiger partial charge on any atom is 0.242 e. The standard InChI is InChI=1S/C18H23N3O/c1-14(21-13-20-16-9-5-6-10-17(16)21)18(22)19-12-11-15-7-3-2-4-8-15/h5-7,9-10,13-14H,2-4,8,11-12H2,1H3,(H,19,22). The second-order valence-electron chi connectivity index (χ2n) is 5.97. The van der Waals surface area contributed by atoms with E-state index in [1.807, 2.05) is 35.8 Å². The van der Waals surface area contributed by atoms with E-state index in [0.717, 1.165) is 24.0 Å². The number of carbonyl (C=O) groups excluding carboxylic acids is 1. The third-order valence-corrected chi connectivity index (χ3v) is 4.41. The first-order valence-corrected chi connectivity index (χ1v) is 8.13. The number of nitrogens with one attached hydrogen (secondary N) is 1. The van der Waals surface area contributed by atoms with E-state index in [0.29, 0.717) is 0 Å². The minimum Gasteiger partial charge on any atom is -0.354 e. The van der Waals surface area contributed by atoms with Crippen LogP contribution < -0.4 is 5.32 Å². The molecule has 2 aromatic rings. The molecule has 1 aliphatic rings. The molecule has 1 atom stereocenters. The first-order valence-electron chi connectivity index (χ1n) is 8.13. The molecule has 1 aliphatic carbocycles. The lowest BCUT2D eigenvalue weighted by atomic mass is 9.97. The summed E-state index contributed by atoms with van der Waals surface area (Å²) in [6, 6.07) is 7.65. The molecule has 0 saturated carbocycles. The van der Waals surface area contributed by atoms with Crippen LogP contribution >= 0.6 is 0 Å². The lowest BCUT2D eigenvalue weighted by molar-refractivity contribution is -0.123. The highest BCUT2D eigenvalue weighted by molar-refractivity contribution is 5.83. The van der Waals surface area contributed by atoms with Gasteiger partial charge in [0.15, 0.2) is 0 Å². The zero-order valence-corrected chi connectivity index (χ0v) is 13.1. The van der Waals surface area contributed by atoms with Gasteiger partial charge in [0.25, 0.3) is 0 Å². The van der Waals surface area contributed by atoms with Gasteiger partial charge in [0.2, 0.25) is 5.91 Å². The number of hydrogen-bond donors (Lipinski definition) is 1. The molecule has 0 saturated heterocycles. The van der Waals surface area contributed by atoms with E-state index in [2.05, 4.69) is 16.4 Å². The van der Waals surface area contributed by atoms with Crippen molar-refractivity contribution in [3.8, 4) is 0 Å². The van der Waals surface area contributed by atoms with Crippen molar-refractivity contribution >= 4 is 16.9 Å². The third kappa shape index (κ3) is 3.21. The molecule has 1 unspecified atom stereocenters. The van der Waals surface area contributed by atoms with Crippen LogP contribution in [0.1, 0.15) is 45.1 Å². The number of allylic oxidation sites excluding steroid dienone is 1. The Labute approximate surface area is 131 Å². The van der Waals surface area contributed by atoms with Gasteiger partial charge in [0.05, 0.1) is 17.4 Å². The predicted octanol–water partition coefficient (Wildman–Crippen LogP) is 3.60. The fourth-order valence-corrected chi connectivity index (χ4v) is 3.04. The quantitative estimate of drug-likeness (QED) is 0.857. The molecular weight excluding hydrogens is 274 g/mol.